The Hall–Kier alpha value is -2.37. The van der Waals surface area contributed by atoms with Crippen LogP contribution in [0.4, 0.5) is 5.69 Å². The van der Waals surface area contributed by atoms with E-state index < -0.39 is 0 Å². The second kappa shape index (κ2) is 8.14. The number of halogens is 1. The Kier molecular flexibility index (Phi) is 5.68. The summed E-state index contributed by atoms with van der Waals surface area (Å²) < 4.78 is 11.5. The number of hydrogen-bond donors (Lipinski definition) is 1. The summed E-state index contributed by atoms with van der Waals surface area (Å²) in [6.07, 6.45) is 0. The maximum Gasteiger partial charge on any atom is 0.259 e. The molecule has 0 aliphatic carbocycles. The number of anilines is 1. The largest absolute Gasteiger partial charge is 0.490 e. The molecule has 0 unspecified atom stereocenters. The quantitative estimate of drug-likeness (QED) is 0.600. The van der Waals surface area contributed by atoms with Gasteiger partial charge in [-0.25, -0.2) is 0 Å². The van der Waals surface area contributed by atoms with Crippen LogP contribution in [0.5, 0.6) is 5.75 Å². The van der Waals surface area contributed by atoms with Crippen molar-refractivity contribution in [1.82, 2.24) is 0 Å². The molecular weight excluding hydrogens is 382 g/mol. The van der Waals surface area contributed by atoms with Crippen LogP contribution in [-0.2, 0) is 4.74 Å². The Morgan fingerprint density at radius 2 is 1.84 bits per heavy atom. The van der Waals surface area contributed by atoms with E-state index in [2.05, 4.69) is 21.2 Å². The van der Waals surface area contributed by atoms with E-state index in [9.17, 15) is 4.79 Å². The van der Waals surface area contributed by atoms with Crippen LogP contribution in [-0.4, -0.2) is 26.2 Å². The number of nitrogens with one attached hydrogen (secondary N) is 1. The molecule has 0 heterocycles. The van der Waals surface area contributed by atoms with Crippen molar-refractivity contribution in [3.63, 3.8) is 0 Å². The van der Waals surface area contributed by atoms with Crippen molar-refractivity contribution in [3.8, 4) is 5.75 Å². The van der Waals surface area contributed by atoms with Gasteiger partial charge < -0.3 is 14.8 Å². The molecule has 1 amide bonds. The SMILES string of the molecule is COCCOc1ccc(Br)cc1C(=O)Nc1cccc2ccccc12. The van der Waals surface area contributed by atoms with Crippen molar-refractivity contribution in [2.75, 3.05) is 25.6 Å². The van der Waals surface area contributed by atoms with Crippen molar-refractivity contribution < 1.29 is 14.3 Å². The normalized spacial score (nSPS) is 10.6. The first-order chi connectivity index (χ1) is 12.2. The minimum Gasteiger partial charge on any atom is -0.490 e. The molecule has 0 saturated heterocycles. The Bertz CT molecular complexity index is 890. The summed E-state index contributed by atoms with van der Waals surface area (Å²) in [7, 11) is 1.61. The highest BCUT2D eigenvalue weighted by Crippen LogP contribution is 2.27. The van der Waals surface area contributed by atoms with E-state index in [1.807, 2.05) is 48.5 Å². The molecule has 3 aromatic rings. The van der Waals surface area contributed by atoms with Crippen LogP contribution in [0.3, 0.4) is 0 Å². The Labute approximate surface area is 154 Å². The standard InChI is InChI=1S/C20H18BrNO3/c1-24-11-12-25-19-10-9-15(21)13-17(19)20(23)22-18-8-4-6-14-5-2-3-7-16(14)18/h2-10,13H,11-12H2,1H3,(H,22,23). The number of carbonyl (C=O) groups is 1. The number of amides is 1. The van der Waals surface area contributed by atoms with Gasteiger partial charge in [-0.1, -0.05) is 52.3 Å². The molecule has 0 aliphatic heterocycles. The highest BCUT2D eigenvalue weighted by atomic mass is 79.9. The Balaban J connectivity index is 1.88. The van der Waals surface area contributed by atoms with E-state index in [1.54, 1.807) is 19.2 Å². The van der Waals surface area contributed by atoms with Gasteiger partial charge in [0.1, 0.15) is 12.4 Å². The van der Waals surface area contributed by atoms with Crippen LogP contribution < -0.4 is 10.1 Å². The van der Waals surface area contributed by atoms with Gasteiger partial charge in [0.2, 0.25) is 0 Å². The number of carbonyl (C=O) groups excluding carboxylic acids is 1. The Morgan fingerprint density at radius 1 is 1.04 bits per heavy atom. The second-order valence-corrected chi connectivity index (χ2v) is 6.38. The van der Waals surface area contributed by atoms with Gasteiger partial charge >= 0.3 is 0 Å². The first kappa shape index (κ1) is 17.5. The Morgan fingerprint density at radius 3 is 2.68 bits per heavy atom. The molecular formula is C20H18BrNO3. The van der Waals surface area contributed by atoms with Gasteiger partial charge in [0.05, 0.1) is 12.2 Å². The van der Waals surface area contributed by atoms with Crippen molar-refractivity contribution in [1.29, 1.82) is 0 Å². The number of hydrogen-bond acceptors (Lipinski definition) is 3. The van der Waals surface area contributed by atoms with E-state index in [-0.39, 0.29) is 5.91 Å². The van der Waals surface area contributed by atoms with E-state index in [0.29, 0.717) is 24.5 Å². The zero-order chi connectivity index (χ0) is 17.6. The fourth-order valence-corrected chi connectivity index (χ4v) is 2.93. The zero-order valence-electron chi connectivity index (χ0n) is 13.8. The molecule has 25 heavy (non-hydrogen) atoms. The molecule has 0 radical (unpaired) electrons. The number of methoxy groups -OCH3 is 1. The lowest BCUT2D eigenvalue weighted by molar-refractivity contribution is 0.101. The van der Waals surface area contributed by atoms with Gasteiger partial charge in [-0.2, -0.15) is 0 Å². The smallest absolute Gasteiger partial charge is 0.259 e. The second-order valence-electron chi connectivity index (χ2n) is 5.46. The molecule has 0 aromatic heterocycles. The maximum absolute atomic E-state index is 12.8. The molecule has 0 aliphatic rings. The summed E-state index contributed by atoms with van der Waals surface area (Å²) >= 11 is 3.41. The lowest BCUT2D eigenvalue weighted by Crippen LogP contribution is -2.15. The highest BCUT2D eigenvalue weighted by molar-refractivity contribution is 9.10. The van der Waals surface area contributed by atoms with E-state index >= 15 is 0 Å². The first-order valence-corrected chi connectivity index (χ1v) is 8.69. The van der Waals surface area contributed by atoms with Gasteiger partial charge in [-0.3, -0.25) is 4.79 Å². The van der Waals surface area contributed by atoms with E-state index in [4.69, 9.17) is 9.47 Å². The minimum absolute atomic E-state index is 0.218. The number of fused-ring (bicyclic) bond motifs is 1. The molecule has 0 spiro atoms. The van der Waals surface area contributed by atoms with Crippen LogP contribution in [0.15, 0.2) is 65.1 Å². The molecule has 3 aromatic carbocycles. The number of rotatable bonds is 6. The summed E-state index contributed by atoms with van der Waals surface area (Å²) in [4.78, 5) is 12.8. The van der Waals surface area contributed by atoms with Gasteiger partial charge in [-0.05, 0) is 29.7 Å². The first-order valence-electron chi connectivity index (χ1n) is 7.89. The summed E-state index contributed by atoms with van der Waals surface area (Å²) in [5.74, 6) is 0.308. The lowest BCUT2D eigenvalue weighted by atomic mass is 10.1. The third kappa shape index (κ3) is 4.18. The monoisotopic (exact) mass is 399 g/mol. The van der Waals surface area contributed by atoms with Gasteiger partial charge in [0, 0.05) is 22.7 Å². The molecule has 0 saturated carbocycles. The molecule has 0 fully saturated rings. The van der Waals surface area contributed by atoms with Crippen LogP contribution in [0.25, 0.3) is 10.8 Å². The molecule has 0 atom stereocenters. The molecule has 1 N–H and O–H groups in total. The summed E-state index contributed by atoms with van der Waals surface area (Å²) in [6.45, 7) is 0.840. The summed E-state index contributed by atoms with van der Waals surface area (Å²) in [6, 6.07) is 19.1. The number of ether oxygens (including phenoxy) is 2. The fraction of sp³-hybridized carbons (Fsp3) is 0.150. The van der Waals surface area contributed by atoms with Crippen LogP contribution in [0.2, 0.25) is 0 Å². The molecule has 128 valence electrons. The predicted octanol–water partition coefficient (Wildman–Crippen LogP) is 4.88. The number of benzene rings is 3. The van der Waals surface area contributed by atoms with E-state index in [0.717, 1.165) is 20.9 Å². The highest BCUT2D eigenvalue weighted by Gasteiger charge is 2.15. The summed E-state index contributed by atoms with van der Waals surface area (Å²) in [5.41, 5.74) is 1.24. The maximum atomic E-state index is 12.8. The van der Waals surface area contributed by atoms with Crippen LogP contribution in [0, 0.1) is 0 Å². The topological polar surface area (TPSA) is 47.6 Å². The van der Waals surface area contributed by atoms with Crippen molar-refractivity contribution in [2.45, 2.75) is 0 Å². The van der Waals surface area contributed by atoms with Gasteiger partial charge in [0.15, 0.2) is 0 Å². The third-order valence-corrected chi connectivity index (χ3v) is 4.26. The van der Waals surface area contributed by atoms with Crippen molar-refractivity contribution in [3.05, 3.63) is 70.7 Å². The summed E-state index contributed by atoms with van der Waals surface area (Å²) in [5, 5.41) is 5.06. The average molecular weight is 400 g/mol. The third-order valence-electron chi connectivity index (χ3n) is 3.77. The molecule has 0 bridgehead atoms. The zero-order valence-corrected chi connectivity index (χ0v) is 15.4. The van der Waals surface area contributed by atoms with Crippen molar-refractivity contribution >= 4 is 38.3 Å². The molecule has 4 nitrogen and oxygen atoms in total. The minimum atomic E-state index is -0.218. The van der Waals surface area contributed by atoms with Crippen molar-refractivity contribution in [2.24, 2.45) is 0 Å². The average Bonchev–Trinajstić information content (AvgIpc) is 2.63. The van der Waals surface area contributed by atoms with E-state index in [1.165, 1.54) is 0 Å². The molecule has 3 rings (SSSR count). The predicted molar refractivity (Wildman–Crippen MR) is 103 cm³/mol. The fourth-order valence-electron chi connectivity index (χ4n) is 2.56. The van der Waals surface area contributed by atoms with Crippen LogP contribution >= 0.6 is 15.9 Å². The van der Waals surface area contributed by atoms with Gasteiger partial charge in [0.25, 0.3) is 5.91 Å². The lowest BCUT2D eigenvalue weighted by Gasteiger charge is -2.13. The van der Waals surface area contributed by atoms with Gasteiger partial charge in [-0.15, -0.1) is 0 Å². The molecule has 5 heteroatoms. The van der Waals surface area contributed by atoms with Crippen LogP contribution in [0.1, 0.15) is 10.4 Å².